The summed E-state index contributed by atoms with van der Waals surface area (Å²) in [7, 11) is -1.24. The number of hydrogen-bond donors (Lipinski definition) is 0. The topological polar surface area (TPSA) is 43.9 Å². The van der Waals surface area contributed by atoms with Gasteiger partial charge >= 0.3 is 0 Å². The van der Waals surface area contributed by atoms with Crippen molar-refractivity contribution in [1.29, 1.82) is 0 Å². The van der Waals surface area contributed by atoms with Gasteiger partial charge in [-0.15, -0.1) is 53.6 Å². The molecule has 0 aliphatic rings. The molecule has 0 spiro atoms. The number of rotatable bonds is 4. The summed E-state index contributed by atoms with van der Waals surface area (Å²) in [5, 5.41) is 5.98. The molecule has 1 radical (unpaired) electrons. The van der Waals surface area contributed by atoms with E-state index >= 15 is 0 Å². The molecular formula is C44H35IrN3OSi-2. The summed E-state index contributed by atoms with van der Waals surface area (Å²) < 4.78 is 8.52. The van der Waals surface area contributed by atoms with Crippen molar-refractivity contribution in [2.24, 2.45) is 0 Å². The number of aryl methyl sites for hydroxylation is 1. The summed E-state index contributed by atoms with van der Waals surface area (Å²) >= 11 is 0. The van der Waals surface area contributed by atoms with E-state index in [4.69, 9.17) is 9.40 Å². The van der Waals surface area contributed by atoms with Crippen molar-refractivity contribution >= 4 is 57.0 Å². The quantitative estimate of drug-likeness (QED) is 0.131. The average molecular weight is 842 g/mol. The molecule has 3 heterocycles. The Kier molecular flexibility index (Phi) is 9.10. The van der Waals surface area contributed by atoms with Gasteiger partial charge in [-0.2, -0.15) is 0 Å². The predicted molar refractivity (Wildman–Crippen MR) is 206 cm³/mol. The minimum atomic E-state index is -1.24. The Hall–Kier alpha value is -5.13. The first kappa shape index (κ1) is 33.4. The molecule has 0 aliphatic heterocycles. The van der Waals surface area contributed by atoms with Crippen LogP contribution in [0.2, 0.25) is 19.6 Å². The smallest absolute Gasteiger partial charge is 0.120 e. The van der Waals surface area contributed by atoms with Gasteiger partial charge in [0.15, 0.2) is 0 Å². The van der Waals surface area contributed by atoms with Crippen LogP contribution >= 0.6 is 0 Å². The van der Waals surface area contributed by atoms with Crippen LogP contribution in [0.4, 0.5) is 0 Å². The number of benzene rings is 6. The van der Waals surface area contributed by atoms with E-state index in [9.17, 15) is 0 Å². The maximum atomic E-state index is 6.31. The van der Waals surface area contributed by atoms with E-state index in [1.807, 2.05) is 42.6 Å². The molecule has 4 nitrogen and oxygen atoms in total. The zero-order valence-corrected chi connectivity index (χ0v) is 31.8. The molecule has 9 rings (SSSR count). The summed E-state index contributed by atoms with van der Waals surface area (Å²) in [5.41, 5.74) is 8.91. The number of fused-ring (bicyclic) bond motifs is 5. The molecule has 0 unspecified atom stereocenters. The number of aromatic nitrogens is 3. The van der Waals surface area contributed by atoms with Crippen molar-refractivity contribution in [3.05, 3.63) is 157 Å². The molecular weight excluding hydrogens is 807 g/mol. The van der Waals surface area contributed by atoms with Crippen molar-refractivity contribution in [3.63, 3.8) is 0 Å². The molecule has 9 aromatic rings. The molecule has 0 bridgehead atoms. The number of pyridine rings is 1. The standard InChI is InChI=1S/C29H17N2O.C15H18NSi.Ir/c1-2-9-20-18-21(17-16-19(20)8-1)31-26-14-5-4-13-25(26)30-29(31)24-12-7-11-23-22-10-3-6-15-27(22)32-28(23)24;1-12-5-7-13(8-6-12)15-10-9-14(11-16-15)17(2,3)4;/h1-11,13-18H;5-7,9-11H,1-4H3;/q2*-1;. The van der Waals surface area contributed by atoms with Crippen LogP contribution in [0.5, 0.6) is 0 Å². The molecule has 3 aromatic heterocycles. The molecule has 0 fully saturated rings. The Morgan fingerprint density at radius 3 is 2.28 bits per heavy atom. The van der Waals surface area contributed by atoms with Gasteiger partial charge in [0.25, 0.3) is 0 Å². The number of furan rings is 1. The number of hydrogen-bond acceptors (Lipinski definition) is 3. The van der Waals surface area contributed by atoms with Crippen LogP contribution < -0.4 is 5.19 Å². The van der Waals surface area contributed by atoms with Crippen molar-refractivity contribution in [3.8, 4) is 28.3 Å². The van der Waals surface area contributed by atoms with Gasteiger partial charge in [-0.3, -0.25) is 4.98 Å². The molecule has 0 saturated carbocycles. The van der Waals surface area contributed by atoms with Crippen LogP contribution in [0.1, 0.15) is 5.56 Å². The molecule has 50 heavy (non-hydrogen) atoms. The third-order valence-corrected chi connectivity index (χ3v) is 11.0. The Bertz CT molecular complexity index is 2600. The normalized spacial score (nSPS) is 11.4. The van der Waals surface area contributed by atoms with Gasteiger partial charge in [0.1, 0.15) is 5.58 Å². The van der Waals surface area contributed by atoms with E-state index in [1.54, 1.807) is 0 Å². The Balaban J connectivity index is 0.000000186. The molecule has 6 aromatic carbocycles. The van der Waals surface area contributed by atoms with Crippen molar-refractivity contribution in [1.82, 2.24) is 14.5 Å². The predicted octanol–water partition coefficient (Wildman–Crippen LogP) is 10.9. The average Bonchev–Trinajstić information content (AvgIpc) is 3.71. The van der Waals surface area contributed by atoms with Gasteiger partial charge in [0, 0.05) is 37.4 Å². The van der Waals surface area contributed by atoms with Crippen molar-refractivity contribution < 1.29 is 24.5 Å². The van der Waals surface area contributed by atoms with E-state index in [0.717, 1.165) is 61.3 Å². The van der Waals surface area contributed by atoms with E-state index < -0.39 is 8.07 Å². The molecule has 0 amide bonds. The van der Waals surface area contributed by atoms with Crippen LogP contribution in [-0.4, -0.2) is 22.6 Å². The number of para-hydroxylation sites is 3. The number of imidazole rings is 1. The van der Waals surface area contributed by atoms with Crippen LogP contribution in [-0.2, 0) is 20.1 Å². The Morgan fingerprint density at radius 1 is 0.720 bits per heavy atom. The summed E-state index contributed by atoms with van der Waals surface area (Å²) in [6.07, 6.45) is 2.02. The van der Waals surface area contributed by atoms with Crippen molar-refractivity contribution in [2.45, 2.75) is 26.6 Å². The fraction of sp³-hybridized carbons (Fsp3) is 0.0909. The first-order valence-electron chi connectivity index (χ1n) is 16.6. The van der Waals surface area contributed by atoms with Crippen LogP contribution in [0, 0.1) is 19.1 Å². The minimum absolute atomic E-state index is 0. The van der Waals surface area contributed by atoms with Crippen LogP contribution in [0.25, 0.3) is 72.1 Å². The largest absolute Gasteiger partial charge is 0.501 e. The maximum Gasteiger partial charge on any atom is 0.120 e. The first-order chi connectivity index (χ1) is 23.8. The maximum absolute atomic E-state index is 6.31. The second-order valence-corrected chi connectivity index (χ2v) is 18.5. The first-order valence-corrected chi connectivity index (χ1v) is 20.1. The van der Waals surface area contributed by atoms with Gasteiger partial charge in [-0.05, 0) is 52.0 Å². The zero-order chi connectivity index (χ0) is 33.5. The van der Waals surface area contributed by atoms with Gasteiger partial charge in [-0.1, -0.05) is 110 Å². The molecule has 0 atom stereocenters. The molecule has 247 valence electrons. The van der Waals surface area contributed by atoms with E-state index in [1.165, 1.54) is 21.5 Å². The minimum Gasteiger partial charge on any atom is -0.501 e. The summed E-state index contributed by atoms with van der Waals surface area (Å²) in [4.78, 5) is 9.58. The number of nitrogens with zero attached hydrogens (tertiary/aromatic N) is 3. The third-order valence-electron chi connectivity index (χ3n) is 8.99. The fourth-order valence-electron chi connectivity index (χ4n) is 6.29. The van der Waals surface area contributed by atoms with Crippen molar-refractivity contribution in [2.75, 3.05) is 0 Å². The van der Waals surface area contributed by atoms with Crippen LogP contribution in [0.3, 0.4) is 0 Å². The second-order valence-electron chi connectivity index (χ2n) is 13.4. The molecule has 0 saturated heterocycles. The SMILES string of the molecule is Cc1c[c-]c(-c2ccc([Si](C)(C)C)cn2)cc1.[Ir].[c-]1ccc2c(oc3ccccc32)c1-c1nc2ccccc2n1-c1ccc2ccccc2c1. The fourth-order valence-corrected chi connectivity index (χ4v) is 7.32. The van der Waals surface area contributed by atoms with Gasteiger partial charge in [-0.25, -0.2) is 0 Å². The zero-order valence-electron chi connectivity index (χ0n) is 28.4. The summed E-state index contributed by atoms with van der Waals surface area (Å²) in [6, 6.07) is 52.5. The van der Waals surface area contributed by atoms with E-state index in [-0.39, 0.29) is 20.1 Å². The monoisotopic (exact) mass is 842 g/mol. The van der Waals surface area contributed by atoms with Gasteiger partial charge < -0.3 is 14.0 Å². The Labute approximate surface area is 306 Å². The summed E-state index contributed by atoms with van der Waals surface area (Å²) in [6.45, 7) is 9.08. The van der Waals surface area contributed by atoms with E-state index in [0.29, 0.717) is 0 Å². The summed E-state index contributed by atoms with van der Waals surface area (Å²) in [5.74, 6) is 0.825. The van der Waals surface area contributed by atoms with E-state index in [2.05, 4.69) is 145 Å². The second kappa shape index (κ2) is 13.6. The van der Waals surface area contributed by atoms with Gasteiger partial charge in [0.05, 0.1) is 30.5 Å². The molecule has 6 heteroatoms. The molecule has 0 N–H and O–H groups in total. The molecule has 0 aliphatic carbocycles. The third kappa shape index (κ3) is 6.34. The van der Waals surface area contributed by atoms with Gasteiger partial charge in [0.2, 0.25) is 0 Å². The van der Waals surface area contributed by atoms with Crippen LogP contribution in [0.15, 0.2) is 144 Å². The Morgan fingerprint density at radius 2 is 1.50 bits per heavy atom.